The average Bonchev–Trinajstić information content (AvgIpc) is 2.71. The van der Waals surface area contributed by atoms with Crippen LogP contribution in [0, 0.1) is 5.41 Å². The van der Waals surface area contributed by atoms with Gasteiger partial charge in [0.05, 0.1) is 12.0 Å². The fraction of sp³-hybridized carbons (Fsp3) is 0.552. The molecular formula is C29H42O4S. The van der Waals surface area contributed by atoms with Gasteiger partial charge in [0, 0.05) is 21.8 Å². The van der Waals surface area contributed by atoms with Gasteiger partial charge >= 0.3 is 5.97 Å². The van der Waals surface area contributed by atoms with Crippen LogP contribution in [0.15, 0.2) is 41.3 Å². The van der Waals surface area contributed by atoms with Crippen molar-refractivity contribution < 1.29 is 19.7 Å². The second-order valence-corrected chi connectivity index (χ2v) is 12.9. The Morgan fingerprint density at radius 1 is 0.941 bits per heavy atom. The summed E-state index contributed by atoms with van der Waals surface area (Å²) in [5.41, 5.74) is 2.20. The zero-order valence-electron chi connectivity index (χ0n) is 22.1. The van der Waals surface area contributed by atoms with Crippen LogP contribution >= 0.6 is 11.8 Å². The van der Waals surface area contributed by atoms with Crippen LogP contribution in [0.4, 0.5) is 0 Å². The molecule has 0 radical (unpaired) electrons. The zero-order valence-corrected chi connectivity index (χ0v) is 22.9. The van der Waals surface area contributed by atoms with Gasteiger partial charge in [-0.2, -0.15) is 0 Å². The van der Waals surface area contributed by atoms with Crippen molar-refractivity contribution in [3.8, 4) is 11.5 Å². The lowest BCUT2D eigenvalue weighted by atomic mass is 9.79. The lowest BCUT2D eigenvalue weighted by Crippen LogP contribution is -2.24. The van der Waals surface area contributed by atoms with Crippen molar-refractivity contribution in [2.24, 2.45) is 5.41 Å². The highest BCUT2D eigenvalue weighted by atomic mass is 32.2. The van der Waals surface area contributed by atoms with Crippen molar-refractivity contribution in [2.75, 3.05) is 12.4 Å². The summed E-state index contributed by atoms with van der Waals surface area (Å²) in [5, 5.41) is 20.2. The summed E-state index contributed by atoms with van der Waals surface area (Å²) in [4.78, 5) is 12.4. The van der Waals surface area contributed by atoms with E-state index in [0.717, 1.165) is 29.1 Å². The van der Waals surface area contributed by atoms with Gasteiger partial charge in [-0.3, -0.25) is 4.79 Å². The van der Waals surface area contributed by atoms with E-state index < -0.39 is 11.4 Å². The lowest BCUT2D eigenvalue weighted by molar-refractivity contribution is -0.147. The largest absolute Gasteiger partial charge is 0.507 e. The maximum absolute atomic E-state index is 11.2. The van der Waals surface area contributed by atoms with Gasteiger partial charge < -0.3 is 14.9 Å². The van der Waals surface area contributed by atoms with Gasteiger partial charge in [-0.05, 0) is 73.8 Å². The number of aryl methyl sites for hydroxylation is 1. The number of aromatic hydroxyl groups is 1. The minimum atomic E-state index is -0.773. The maximum Gasteiger partial charge on any atom is 0.309 e. The number of carbonyl (C=O) groups is 1. The number of carboxylic acids is 1. The summed E-state index contributed by atoms with van der Waals surface area (Å²) in [6.45, 7) is 16.8. The number of benzene rings is 2. The zero-order chi connectivity index (χ0) is 25.7. The van der Waals surface area contributed by atoms with Crippen molar-refractivity contribution in [1.82, 2.24) is 0 Å². The molecule has 34 heavy (non-hydrogen) atoms. The molecule has 0 atom stereocenters. The quantitative estimate of drug-likeness (QED) is 0.267. The number of carboxylic acid groups (broad SMARTS) is 1. The summed E-state index contributed by atoms with van der Waals surface area (Å²) >= 11 is 1.81. The molecule has 0 aliphatic carbocycles. The smallest absolute Gasteiger partial charge is 0.309 e. The van der Waals surface area contributed by atoms with Gasteiger partial charge in [-0.1, -0.05) is 53.7 Å². The van der Waals surface area contributed by atoms with E-state index >= 15 is 0 Å². The van der Waals surface area contributed by atoms with Crippen LogP contribution in [0.2, 0.25) is 0 Å². The summed E-state index contributed by atoms with van der Waals surface area (Å²) in [6.07, 6.45) is 2.19. The average molecular weight is 487 g/mol. The second kappa shape index (κ2) is 11.1. The molecule has 0 aliphatic heterocycles. The molecule has 0 fully saturated rings. The van der Waals surface area contributed by atoms with Crippen molar-refractivity contribution in [3.05, 3.63) is 53.1 Å². The first-order valence-corrected chi connectivity index (χ1v) is 13.1. The van der Waals surface area contributed by atoms with Crippen molar-refractivity contribution in [2.45, 2.75) is 90.4 Å². The summed E-state index contributed by atoms with van der Waals surface area (Å²) < 4.78 is 5.88. The van der Waals surface area contributed by atoms with Crippen LogP contribution in [0.3, 0.4) is 0 Å². The molecule has 4 nitrogen and oxygen atoms in total. The molecule has 0 aliphatic rings. The van der Waals surface area contributed by atoms with Crippen LogP contribution in [-0.4, -0.2) is 28.5 Å². The van der Waals surface area contributed by atoms with Crippen molar-refractivity contribution in [1.29, 1.82) is 0 Å². The molecule has 0 aromatic heterocycles. The number of ether oxygens (including phenoxy) is 1. The molecule has 0 saturated carbocycles. The number of phenols is 1. The fourth-order valence-corrected chi connectivity index (χ4v) is 4.70. The molecule has 188 valence electrons. The number of hydrogen-bond donors (Lipinski definition) is 2. The third kappa shape index (κ3) is 7.97. The molecule has 0 spiro atoms. The number of phenolic OH excluding ortho intramolecular Hbond substituents is 1. The Morgan fingerprint density at radius 2 is 1.53 bits per heavy atom. The Balaban J connectivity index is 2.00. The molecule has 5 heteroatoms. The Bertz CT molecular complexity index is 945. The monoisotopic (exact) mass is 486 g/mol. The predicted molar refractivity (Wildman–Crippen MR) is 143 cm³/mol. The molecule has 0 bridgehead atoms. The van der Waals surface area contributed by atoms with Gasteiger partial charge in [-0.25, -0.2) is 0 Å². The predicted octanol–water partition coefficient (Wildman–Crippen LogP) is 7.59. The Hall–Kier alpha value is -2.14. The molecule has 0 amide bonds. The molecule has 2 aromatic rings. The molecule has 0 unspecified atom stereocenters. The summed E-state index contributed by atoms with van der Waals surface area (Å²) in [6, 6.07) is 12.4. The first-order valence-electron chi connectivity index (χ1n) is 12.1. The van der Waals surface area contributed by atoms with E-state index in [1.807, 2.05) is 23.9 Å². The van der Waals surface area contributed by atoms with Crippen LogP contribution in [0.5, 0.6) is 11.5 Å². The van der Waals surface area contributed by atoms with Gasteiger partial charge in [0.2, 0.25) is 0 Å². The van der Waals surface area contributed by atoms with Crippen molar-refractivity contribution in [3.63, 3.8) is 0 Å². The number of hydrogen-bond acceptors (Lipinski definition) is 4. The maximum atomic E-state index is 11.2. The van der Waals surface area contributed by atoms with E-state index in [0.29, 0.717) is 25.2 Å². The van der Waals surface area contributed by atoms with E-state index in [1.54, 1.807) is 13.8 Å². The van der Waals surface area contributed by atoms with Gasteiger partial charge in [0.1, 0.15) is 11.5 Å². The van der Waals surface area contributed by atoms with Crippen LogP contribution in [0.25, 0.3) is 0 Å². The highest BCUT2D eigenvalue weighted by Gasteiger charge is 2.27. The first-order chi connectivity index (χ1) is 15.6. The molecule has 2 rings (SSSR count). The van der Waals surface area contributed by atoms with E-state index in [4.69, 9.17) is 4.74 Å². The highest BCUT2D eigenvalue weighted by Crippen LogP contribution is 2.41. The Morgan fingerprint density at radius 3 is 2.06 bits per heavy atom. The second-order valence-electron chi connectivity index (χ2n) is 11.8. The van der Waals surface area contributed by atoms with Crippen LogP contribution < -0.4 is 4.74 Å². The summed E-state index contributed by atoms with van der Waals surface area (Å²) in [5.74, 6) is 1.39. The lowest BCUT2D eigenvalue weighted by Gasteiger charge is -2.28. The van der Waals surface area contributed by atoms with Gasteiger partial charge in [-0.15, -0.1) is 11.8 Å². The van der Waals surface area contributed by atoms with E-state index in [-0.39, 0.29) is 10.8 Å². The standard InChI is InChI=1S/C29H42O4S/c1-27(2,3)23-18-22(19-24(25(23)30)28(4,5)6)34-16-13-20-11-9-12-21(17-20)33-15-10-14-29(7,8)26(31)32/h9,11-12,17-19,30H,10,13-16H2,1-8H3,(H,31,32). The molecule has 2 N–H and O–H groups in total. The van der Waals surface area contributed by atoms with Crippen LogP contribution in [0.1, 0.15) is 84.9 Å². The van der Waals surface area contributed by atoms with E-state index in [2.05, 4.69) is 65.8 Å². The van der Waals surface area contributed by atoms with E-state index in [9.17, 15) is 15.0 Å². The Labute approximate surface area is 210 Å². The SMILES string of the molecule is CC(C)(CCCOc1cccc(CCSc2cc(C(C)(C)C)c(O)c(C(C)(C)C)c2)c1)C(=O)O. The van der Waals surface area contributed by atoms with Gasteiger partial charge in [0.25, 0.3) is 0 Å². The van der Waals surface area contributed by atoms with E-state index in [1.165, 1.54) is 10.5 Å². The minimum absolute atomic E-state index is 0.133. The molecule has 2 aromatic carbocycles. The van der Waals surface area contributed by atoms with Crippen molar-refractivity contribution >= 4 is 17.7 Å². The third-order valence-corrected chi connectivity index (χ3v) is 7.03. The van der Waals surface area contributed by atoms with Gasteiger partial charge in [0.15, 0.2) is 0 Å². The fourth-order valence-electron chi connectivity index (χ4n) is 3.72. The Kier molecular flexibility index (Phi) is 9.15. The summed E-state index contributed by atoms with van der Waals surface area (Å²) in [7, 11) is 0. The molecular weight excluding hydrogens is 444 g/mol. The molecule has 0 saturated heterocycles. The first kappa shape index (κ1) is 28.1. The topological polar surface area (TPSA) is 66.8 Å². The minimum Gasteiger partial charge on any atom is -0.507 e. The highest BCUT2D eigenvalue weighted by molar-refractivity contribution is 7.99. The third-order valence-electron chi connectivity index (χ3n) is 6.05. The van der Waals surface area contributed by atoms with Crippen LogP contribution in [-0.2, 0) is 22.0 Å². The number of aliphatic carboxylic acids is 1. The normalized spacial score (nSPS) is 12.6. The molecule has 0 heterocycles. The number of thioether (sulfide) groups is 1. The number of rotatable bonds is 10.